The van der Waals surface area contributed by atoms with Crippen LogP contribution in [0.2, 0.25) is 0 Å². The summed E-state index contributed by atoms with van der Waals surface area (Å²) in [6.45, 7) is 4.70. The molecule has 0 bridgehead atoms. The number of rotatable bonds is 7. The molecule has 138 valence electrons. The molecule has 2 amide bonds. The molecule has 0 saturated carbocycles. The lowest BCUT2D eigenvalue weighted by atomic mass is 10.1. The van der Waals surface area contributed by atoms with Crippen LogP contribution in [-0.4, -0.2) is 60.9 Å². The van der Waals surface area contributed by atoms with Crippen molar-refractivity contribution in [3.8, 4) is 0 Å². The Kier molecular flexibility index (Phi) is 6.80. The quantitative estimate of drug-likeness (QED) is 0.812. The molecule has 1 fully saturated rings. The average Bonchev–Trinajstić information content (AvgIpc) is 3.22. The second-order valence-corrected chi connectivity index (χ2v) is 7.39. The lowest BCUT2D eigenvalue weighted by Gasteiger charge is -2.34. The van der Waals surface area contributed by atoms with Crippen molar-refractivity contribution < 1.29 is 9.59 Å². The first-order valence-corrected chi connectivity index (χ1v) is 9.96. The molecular weight excluding hydrogens is 346 g/mol. The zero-order valence-electron chi connectivity index (χ0n) is 14.9. The second-order valence-electron chi connectivity index (χ2n) is 6.45. The van der Waals surface area contributed by atoms with Gasteiger partial charge in [-0.1, -0.05) is 36.4 Å². The number of hydrogen-bond acceptors (Lipinski definition) is 4. The van der Waals surface area contributed by atoms with Crippen molar-refractivity contribution >= 4 is 23.2 Å². The molecule has 1 aliphatic rings. The van der Waals surface area contributed by atoms with E-state index >= 15 is 0 Å². The maximum Gasteiger partial charge on any atom is 0.264 e. The highest BCUT2D eigenvalue weighted by Gasteiger charge is 2.22. The summed E-state index contributed by atoms with van der Waals surface area (Å²) < 4.78 is 0. The van der Waals surface area contributed by atoms with E-state index in [0.717, 1.165) is 44.0 Å². The van der Waals surface area contributed by atoms with Crippen LogP contribution in [0.3, 0.4) is 0 Å². The first kappa shape index (κ1) is 18.6. The predicted molar refractivity (Wildman–Crippen MR) is 104 cm³/mol. The van der Waals surface area contributed by atoms with Crippen LogP contribution in [0.4, 0.5) is 0 Å². The number of benzene rings is 1. The predicted octanol–water partition coefficient (Wildman–Crippen LogP) is 2.25. The van der Waals surface area contributed by atoms with Gasteiger partial charge in [0.2, 0.25) is 5.91 Å². The van der Waals surface area contributed by atoms with E-state index in [1.807, 2.05) is 52.7 Å². The standard InChI is InChI=1S/C20H25N3O2S/c24-19(9-8-17-5-2-1-3-6-17)21-10-11-22-12-14-23(15-13-22)20(25)18-7-4-16-26-18/h1-7,16H,8-15H2,(H,21,24). The van der Waals surface area contributed by atoms with E-state index in [9.17, 15) is 9.59 Å². The van der Waals surface area contributed by atoms with Crippen molar-refractivity contribution in [1.29, 1.82) is 0 Å². The van der Waals surface area contributed by atoms with Crippen molar-refractivity contribution in [1.82, 2.24) is 15.1 Å². The van der Waals surface area contributed by atoms with E-state index in [2.05, 4.69) is 10.2 Å². The highest BCUT2D eigenvalue weighted by Crippen LogP contribution is 2.13. The normalized spacial score (nSPS) is 15.0. The van der Waals surface area contributed by atoms with Crippen molar-refractivity contribution in [2.45, 2.75) is 12.8 Å². The molecule has 1 aromatic heterocycles. The molecule has 0 atom stereocenters. The van der Waals surface area contributed by atoms with Crippen LogP contribution in [0, 0.1) is 0 Å². The van der Waals surface area contributed by atoms with Crippen LogP contribution in [0.15, 0.2) is 47.8 Å². The number of nitrogens with one attached hydrogen (secondary N) is 1. The number of carbonyl (C=O) groups excluding carboxylic acids is 2. The monoisotopic (exact) mass is 371 g/mol. The third-order valence-electron chi connectivity index (χ3n) is 4.63. The Morgan fingerprint density at radius 2 is 1.77 bits per heavy atom. The zero-order valence-corrected chi connectivity index (χ0v) is 15.7. The summed E-state index contributed by atoms with van der Waals surface area (Å²) >= 11 is 1.49. The van der Waals surface area contributed by atoms with Gasteiger partial charge in [-0.05, 0) is 23.4 Å². The summed E-state index contributed by atoms with van der Waals surface area (Å²) in [5, 5.41) is 4.93. The topological polar surface area (TPSA) is 52.7 Å². The van der Waals surface area contributed by atoms with Crippen LogP contribution in [0.1, 0.15) is 21.7 Å². The van der Waals surface area contributed by atoms with E-state index in [1.54, 1.807) is 0 Å². The van der Waals surface area contributed by atoms with Crippen molar-refractivity contribution in [3.05, 3.63) is 58.3 Å². The van der Waals surface area contributed by atoms with Gasteiger partial charge in [0, 0.05) is 45.7 Å². The number of nitrogens with zero attached hydrogens (tertiary/aromatic N) is 2. The summed E-state index contributed by atoms with van der Waals surface area (Å²) in [4.78, 5) is 29.3. The Morgan fingerprint density at radius 3 is 2.46 bits per heavy atom. The summed E-state index contributed by atoms with van der Waals surface area (Å²) in [5.74, 6) is 0.231. The first-order chi connectivity index (χ1) is 12.7. The molecule has 1 N–H and O–H groups in total. The molecule has 6 heteroatoms. The van der Waals surface area contributed by atoms with Crippen molar-refractivity contribution in [2.24, 2.45) is 0 Å². The van der Waals surface area contributed by atoms with Crippen LogP contribution >= 0.6 is 11.3 Å². The fourth-order valence-electron chi connectivity index (χ4n) is 3.08. The molecule has 1 aliphatic heterocycles. The van der Waals surface area contributed by atoms with Gasteiger partial charge in [0.25, 0.3) is 5.91 Å². The number of carbonyl (C=O) groups is 2. The van der Waals surface area contributed by atoms with E-state index in [1.165, 1.54) is 16.9 Å². The minimum atomic E-state index is 0.0976. The average molecular weight is 372 g/mol. The largest absolute Gasteiger partial charge is 0.355 e. The van der Waals surface area contributed by atoms with Crippen LogP contribution in [0.25, 0.3) is 0 Å². The van der Waals surface area contributed by atoms with E-state index < -0.39 is 0 Å². The van der Waals surface area contributed by atoms with Crippen molar-refractivity contribution in [2.75, 3.05) is 39.3 Å². The summed E-state index contributed by atoms with van der Waals surface area (Å²) in [6, 6.07) is 13.9. The maximum atomic E-state index is 12.3. The highest BCUT2D eigenvalue weighted by atomic mass is 32.1. The fraction of sp³-hybridized carbons (Fsp3) is 0.400. The van der Waals surface area contributed by atoms with E-state index in [-0.39, 0.29) is 11.8 Å². The molecule has 2 aromatic rings. The van der Waals surface area contributed by atoms with E-state index in [4.69, 9.17) is 0 Å². The Hall–Kier alpha value is -2.18. The molecule has 26 heavy (non-hydrogen) atoms. The van der Waals surface area contributed by atoms with Crippen LogP contribution < -0.4 is 5.32 Å². The third kappa shape index (κ3) is 5.41. The SMILES string of the molecule is O=C(CCc1ccccc1)NCCN1CCN(C(=O)c2cccs2)CC1. The molecule has 3 rings (SSSR count). The fourth-order valence-corrected chi connectivity index (χ4v) is 3.77. The summed E-state index contributed by atoms with van der Waals surface area (Å²) in [5.41, 5.74) is 1.19. The van der Waals surface area contributed by atoms with Gasteiger partial charge >= 0.3 is 0 Å². The molecule has 2 heterocycles. The van der Waals surface area contributed by atoms with Crippen LogP contribution in [-0.2, 0) is 11.2 Å². The molecule has 5 nitrogen and oxygen atoms in total. The molecule has 1 aromatic carbocycles. The maximum absolute atomic E-state index is 12.3. The van der Waals surface area contributed by atoms with Gasteiger partial charge in [-0.3, -0.25) is 14.5 Å². The molecular formula is C20H25N3O2S. The minimum Gasteiger partial charge on any atom is -0.355 e. The zero-order chi connectivity index (χ0) is 18.2. The van der Waals surface area contributed by atoms with Gasteiger partial charge in [0.15, 0.2) is 0 Å². The van der Waals surface area contributed by atoms with Crippen molar-refractivity contribution in [3.63, 3.8) is 0 Å². The first-order valence-electron chi connectivity index (χ1n) is 9.08. The van der Waals surface area contributed by atoms with Crippen LogP contribution in [0.5, 0.6) is 0 Å². The third-order valence-corrected chi connectivity index (χ3v) is 5.48. The van der Waals surface area contributed by atoms with E-state index in [0.29, 0.717) is 13.0 Å². The summed E-state index contributed by atoms with van der Waals surface area (Å²) in [7, 11) is 0. The Labute approximate surface area is 158 Å². The molecule has 0 radical (unpaired) electrons. The number of amides is 2. The van der Waals surface area contributed by atoms with Gasteiger partial charge in [0.05, 0.1) is 4.88 Å². The lowest BCUT2D eigenvalue weighted by Crippen LogP contribution is -2.50. The minimum absolute atomic E-state index is 0.0976. The molecule has 0 spiro atoms. The number of thiophene rings is 1. The van der Waals surface area contributed by atoms with Gasteiger partial charge in [-0.2, -0.15) is 0 Å². The highest BCUT2D eigenvalue weighted by molar-refractivity contribution is 7.12. The molecule has 0 aliphatic carbocycles. The Balaban J connectivity index is 1.30. The lowest BCUT2D eigenvalue weighted by molar-refractivity contribution is -0.121. The number of piperazine rings is 1. The Bertz CT molecular complexity index is 695. The molecule has 1 saturated heterocycles. The second kappa shape index (κ2) is 9.50. The number of hydrogen-bond donors (Lipinski definition) is 1. The van der Waals surface area contributed by atoms with Gasteiger partial charge in [0.1, 0.15) is 0 Å². The summed E-state index contributed by atoms with van der Waals surface area (Å²) in [6.07, 6.45) is 1.29. The smallest absolute Gasteiger partial charge is 0.264 e. The van der Waals surface area contributed by atoms with Gasteiger partial charge in [-0.15, -0.1) is 11.3 Å². The Morgan fingerprint density at radius 1 is 1.00 bits per heavy atom. The number of aryl methyl sites for hydroxylation is 1. The molecule has 0 unspecified atom stereocenters. The van der Waals surface area contributed by atoms with Gasteiger partial charge < -0.3 is 10.2 Å². The van der Waals surface area contributed by atoms with Gasteiger partial charge in [-0.25, -0.2) is 0 Å².